The number of nitrogens with one attached hydrogen (secondary N) is 2. The highest BCUT2D eigenvalue weighted by Gasteiger charge is 2.12. The molecular formula is C26H24N4OS. The van der Waals surface area contributed by atoms with Crippen LogP contribution in [-0.4, -0.2) is 41.2 Å². The van der Waals surface area contributed by atoms with Crippen LogP contribution in [-0.2, 0) is 11.3 Å². The average Bonchev–Trinajstić information content (AvgIpc) is 3.47. The van der Waals surface area contributed by atoms with Crippen molar-refractivity contribution in [3.05, 3.63) is 78.6 Å². The van der Waals surface area contributed by atoms with E-state index in [4.69, 9.17) is 4.74 Å². The lowest BCUT2D eigenvalue weighted by Gasteiger charge is -2.26. The number of nitrogens with zero attached hydrogens (tertiary/aromatic N) is 2. The van der Waals surface area contributed by atoms with E-state index in [2.05, 4.69) is 74.8 Å². The number of morpholine rings is 1. The molecule has 6 heteroatoms. The van der Waals surface area contributed by atoms with Crippen molar-refractivity contribution in [1.82, 2.24) is 14.9 Å². The van der Waals surface area contributed by atoms with Crippen molar-refractivity contribution in [1.29, 1.82) is 0 Å². The lowest BCUT2D eigenvalue weighted by atomic mass is 10.1. The van der Waals surface area contributed by atoms with E-state index >= 15 is 0 Å². The second-order valence-electron chi connectivity index (χ2n) is 8.18. The quantitative estimate of drug-likeness (QED) is 0.351. The fourth-order valence-electron chi connectivity index (χ4n) is 4.27. The Bertz CT molecular complexity index is 1370. The molecule has 0 spiro atoms. The van der Waals surface area contributed by atoms with E-state index in [0.29, 0.717) is 0 Å². The summed E-state index contributed by atoms with van der Waals surface area (Å²) in [4.78, 5) is 12.6. The van der Waals surface area contributed by atoms with Gasteiger partial charge in [-0.3, -0.25) is 4.90 Å². The molecule has 1 aliphatic heterocycles. The molecule has 160 valence electrons. The highest BCUT2D eigenvalue weighted by Crippen LogP contribution is 2.37. The minimum Gasteiger partial charge on any atom is -0.379 e. The zero-order valence-electron chi connectivity index (χ0n) is 17.7. The summed E-state index contributed by atoms with van der Waals surface area (Å²) in [5.41, 5.74) is 5.88. The van der Waals surface area contributed by atoms with Gasteiger partial charge >= 0.3 is 0 Å². The molecular weight excluding hydrogens is 416 g/mol. The van der Waals surface area contributed by atoms with Crippen LogP contribution < -0.4 is 5.32 Å². The van der Waals surface area contributed by atoms with Gasteiger partial charge in [-0.25, -0.2) is 4.98 Å². The van der Waals surface area contributed by atoms with Crippen molar-refractivity contribution < 1.29 is 4.74 Å². The maximum atomic E-state index is 5.45. The predicted molar refractivity (Wildman–Crippen MR) is 133 cm³/mol. The minimum atomic E-state index is 0.836. The first-order valence-electron chi connectivity index (χ1n) is 10.9. The Morgan fingerprint density at radius 3 is 2.75 bits per heavy atom. The number of rotatable bonds is 5. The number of thiophene rings is 1. The maximum absolute atomic E-state index is 5.45. The number of aromatic amines is 1. The van der Waals surface area contributed by atoms with Gasteiger partial charge in [-0.15, -0.1) is 11.3 Å². The number of benzene rings is 2. The summed E-state index contributed by atoms with van der Waals surface area (Å²) >= 11 is 1.74. The van der Waals surface area contributed by atoms with Crippen LogP contribution in [0.4, 0.5) is 11.4 Å². The molecule has 4 heterocycles. The highest BCUT2D eigenvalue weighted by molar-refractivity contribution is 7.21. The lowest BCUT2D eigenvalue weighted by molar-refractivity contribution is 0.0342. The predicted octanol–water partition coefficient (Wildman–Crippen LogP) is 6.02. The van der Waals surface area contributed by atoms with Gasteiger partial charge in [-0.2, -0.15) is 0 Å². The van der Waals surface area contributed by atoms with Gasteiger partial charge in [0.1, 0.15) is 4.83 Å². The standard InChI is InChI=1S/C26H24N4OS/c1-3-19(4-2-18(1)17-30-11-13-31-14-12-30)25-16-22-24(8-10-28-26(22)32-25)29-21-5-6-23-20(15-21)7-9-27-23/h1-10,15-16,27H,11-14,17H2,(H,28,29). The molecule has 6 rings (SSSR count). The number of H-pyrrole nitrogens is 1. The number of aromatic nitrogens is 2. The van der Waals surface area contributed by atoms with E-state index in [0.717, 1.165) is 60.0 Å². The van der Waals surface area contributed by atoms with E-state index in [-0.39, 0.29) is 0 Å². The van der Waals surface area contributed by atoms with Crippen LogP contribution in [0.2, 0.25) is 0 Å². The van der Waals surface area contributed by atoms with Crippen molar-refractivity contribution in [3.63, 3.8) is 0 Å². The minimum absolute atomic E-state index is 0.836. The molecule has 1 saturated heterocycles. The van der Waals surface area contributed by atoms with Crippen LogP contribution in [0.5, 0.6) is 0 Å². The third-order valence-electron chi connectivity index (χ3n) is 6.02. The molecule has 0 saturated carbocycles. The first-order valence-corrected chi connectivity index (χ1v) is 11.8. The van der Waals surface area contributed by atoms with Crippen LogP contribution in [0.15, 0.2) is 73.1 Å². The smallest absolute Gasteiger partial charge is 0.125 e. The molecule has 0 bridgehead atoms. The van der Waals surface area contributed by atoms with Crippen molar-refractivity contribution in [2.24, 2.45) is 0 Å². The monoisotopic (exact) mass is 440 g/mol. The summed E-state index contributed by atoms with van der Waals surface area (Å²) in [6.07, 6.45) is 3.85. The molecule has 0 atom stereocenters. The lowest BCUT2D eigenvalue weighted by Crippen LogP contribution is -2.35. The number of anilines is 2. The zero-order valence-corrected chi connectivity index (χ0v) is 18.5. The Balaban J connectivity index is 1.25. The maximum Gasteiger partial charge on any atom is 0.125 e. The van der Waals surface area contributed by atoms with Gasteiger partial charge < -0.3 is 15.0 Å². The summed E-state index contributed by atoms with van der Waals surface area (Å²) < 4.78 is 5.45. The third-order valence-corrected chi connectivity index (χ3v) is 7.11. The average molecular weight is 441 g/mol. The van der Waals surface area contributed by atoms with E-state index in [1.165, 1.54) is 21.4 Å². The molecule has 0 unspecified atom stereocenters. The SMILES string of the molecule is c1cc(Nc2ccc3[nH]ccc3c2)c2cc(-c3ccc(CN4CCOCC4)cc3)sc2n1. The Hall–Kier alpha value is -3.19. The number of ether oxygens (including phenoxy) is 1. The number of fused-ring (bicyclic) bond motifs is 2. The molecule has 0 aliphatic carbocycles. The van der Waals surface area contributed by atoms with Crippen LogP contribution in [0.1, 0.15) is 5.56 Å². The van der Waals surface area contributed by atoms with Gasteiger partial charge in [-0.05, 0) is 47.5 Å². The van der Waals surface area contributed by atoms with Crippen LogP contribution >= 0.6 is 11.3 Å². The zero-order chi connectivity index (χ0) is 21.3. The Kier molecular flexibility index (Phi) is 5.11. The largest absolute Gasteiger partial charge is 0.379 e. The Labute approximate surface area is 190 Å². The van der Waals surface area contributed by atoms with Crippen LogP contribution in [0, 0.1) is 0 Å². The first-order chi connectivity index (χ1) is 15.8. The van der Waals surface area contributed by atoms with Gasteiger partial charge in [0.15, 0.2) is 0 Å². The summed E-state index contributed by atoms with van der Waals surface area (Å²) in [5.74, 6) is 0. The first kappa shape index (κ1) is 19.5. The van der Waals surface area contributed by atoms with E-state index < -0.39 is 0 Å². The summed E-state index contributed by atoms with van der Waals surface area (Å²) in [7, 11) is 0. The highest BCUT2D eigenvalue weighted by atomic mass is 32.1. The molecule has 5 nitrogen and oxygen atoms in total. The van der Waals surface area contributed by atoms with Gasteiger partial charge in [0.25, 0.3) is 0 Å². The molecule has 0 radical (unpaired) electrons. The summed E-state index contributed by atoms with van der Waals surface area (Å²) in [5, 5.41) is 5.93. The molecule has 2 aromatic carbocycles. The number of hydrogen-bond acceptors (Lipinski definition) is 5. The normalized spacial score (nSPS) is 14.9. The molecule has 3 aromatic heterocycles. The Morgan fingerprint density at radius 2 is 1.88 bits per heavy atom. The van der Waals surface area contributed by atoms with Gasteiger partial charge in [0.05, 0.1) is 18.9 Å². The summed E-state index contributed by atoms with van der Waals surface area (Å²) in [6.45, 7) is 4.68. The van der Waals surface area contributed by atoms with E-state index in [1.54, 1.807) is 11.3 Å². The summed E-state index contributed by atoms with van der Waals surface area (Å²) in [6, 6.07) is 21.7. The van der Waals surface area contributed by atoms with Crippen molar-refractivity contribution in [2.75, 3.05) is 31.6 Å². The van der Waals surface area contributed by atoms with Crippen molar-refractivity contribution in [2.45, 2.75) is 6.54 Å². The fourth-order valence-corrected chi connectivity index (χ4v) is 5.30. The van der Waals surface area contributed by atoms with Gasteiger partial charge in [0.2, 0.25) is 0 Å². The van der Waals surface area contributed by atoms with Crippen molar-refractivity contribution in [3.8, 4) is 10.4 Å². The molecule has 2 N–H and O–H groups in total. The van der Waals surface area contributed by atoms with E-state index in [9.17, 15) is 0 Å². The molecule has 32 heavy (non-hydrogen) atoms. The van der Waals surface area contributed by atoms with Crippen molar-refractivity contribution >= 4 is 43.8 Å². The van der Waals surface area contributed by atoms with Gasteiger partial charge in [0, 0.05) is 58.9 Å². The van der Waals surface area contributed by atoms with Crippen LogP contribution in [0.25, 0.3) is 31.6 Å². The second kappa shape index (κ2) is 8.39. The third kappa shape index (κ3) is 3.88. The molecule has 0 amide bonds. The van der Waals surface area contributed by atoms with E-state index in [1.807, 2.05) is 18.5 Å². The Morgan fingerprint density at radius 1 is 1.00 bits per heavy atom. The number of hydrogen-bond donors (Lipinski definition) is 2. The topological polar surface area (TPSA) is 53.2 Å². The molecule has 5 aromatic rings. The molecule has 1 fully saturated rings. The van der Waals surface area contributed by atoms with Gasteiger partial charge in [-0.1, -0.05) is 24.3 Å². The second-order valence-corrected chi connectivity index (χ2v) is 9.21. The fraction of sp³-hybridized carbons (Fsp3) is 0.192. The number of pyridine rings is 1. The van der Waals surface area contributed by atoms with Crippen LogP contribution in [0.3, 0.4) is 0 Å². The molecule has 1 aliphatic rings.